The molecule has 0 spiro atoms. The molecular weight excluding hydrogens is 269 g/mol. The highest BCUT2D eigenvalue weighted by Crippen LogP contribution is 2.18. The van der Waals surface area contributed by atoms with Crippen molar-refractivity contribution in [2.45, 2.75) is 6.10 Å². The molecule has 0 saturated heterocycles. The SMILES string of the molecule is N#Cc1ccc(C(O)CNc2ccc(C#N)cc2F)cc1. The first-order valence-corrected chi connectivity index (χ1v) is 6.25. The number of hydrogen-bond donors (Lipinski definition) is 2. The molecule has 2 aromatic rings. The normalized spacial score (nSPS) is 11.2. The quantitative estimate of drug-likeness (QED) is 0.903. The summed E-state index contributed by atoms with van der Waals surface area (Å²) in [6.45, 7) is 0.120. The lowest BCUT2D eigenvalue weighted by atomic mass is 10.1. The second kappa shape index (κ2) is 6.51. The van der Waals surface area contributed by atoms with E-state index in [1.54, 1.807) is 24.3 Å². The Kier molecular flexibility index (Phi) is 4.50. The number of aliphatic hydroxyl groups is 1. The summed E-state index contributed by atoms with van der Waals surface area (Å²) < 4.78 is 13.7. The van der Waals surface area contributed by atoms with Gasteiger partial charge in [-0.3, -0.25) is 0 Å². The van der Waals surface area contributed by atoms with Gasteiger partial charge in [0.25, 0.3) is 0 Å². The van der Waals surface area contributed by atoms with E-state index >= 15 is 0 Å². The minimum absolute atomic E-state index is 0.120. The maximum atomic E-state index is 13.7. The second-order valence-electron chi connectivity index (χ2n) is 4.44. The number of benzene rings is 2. The fraction of sp³-hybridized carbons (Fsp3) is 0.125. The van der Waals surface area contributed by atoms with E-state index in [9.17, 15) is 9.50 Å². The summed E-state index contributed by atoms with van der Waals surface area (Å²) in [6, 6.07) is 14.5. The molecule has 0 aliphatic heterocycles. The van der Waals surface area contributed by atoms with Crippen LogP contribution >= 0.6 is 0 Å². The summed E-state index contributed by atoms with van der Waals surface area (Å²) >= 11 is 0. The Balaban J connectivity index is 2.02. The highest BCUT2D eigenvalue weighted by atomic mass is 19.1. The zero-order valence-corrected chi connectivity index (χ0v) is 11.0. The average Bonchev–Trinajstić information content (AvgIpc) is 2.53. The molecule has 0 amide bonds. The molecule has 5 heteroatoms. The van der Waals surface area contributed by atoms with E-state index in [4.69, 9.17) is 10.5 Å². The van der Waals surface area contributed by atoms with Crippen LogP contribution in [0, 0.1) is 28.5 Å². The molecule has 0 bridgehead atoms. The molecule has 2 N–H and O–H groups in total. The molecule has 1 atom stereocenters. The summed E-state index contributed by atoms with van der Waals surface area (Å²) in [5.41, 5.74) is 1.61. The molecule has 2 aromatic carbocycles. The maximum absolute atomic E-state index is 13.7. The van der Waals surface area contributed by atoms with E-state index in [0.717, 1.165) is 6.07 Å². The number of nitriles is 2. The van der Waals surface area contributed by atoms with Crippen LogP contribution in [-0.4, -0.2) is 11.7 Å². The summed E-state index contributed by atoms with van der Waals surface area (Å²) in [6.07, 6.45) is -0.826. The van der Waals surface area contributed by atoms with Gasteiger partial charge in [-0.15, -0.1) is 0 Å². The van der Waals surface area contributed by atoms with Crippen molar-refractivity contribution < 1.29 is 9.50 Å². The van der Waals surface area contributed by atoms with Crippen LogP contribution in [0.25, 0.3) is 0 Å². The van der Waals surface area contributed by atoms with Gasteiger partial charge in [-0.25, -0.2) is 4.39 Å². The van der Waals surface area contributed by atoms with Crippen molar-refractivity contribution in [3.05, 3.63) is 65.0 Å². The van der Waals surface area contributed by atoms with Crippen LogP contribution < -0.4 is 5.32 Å². The third-order valence-corrected chi connectivity index (χ3v) is 3.01. The van der Waals surface area contributed by atoms with Gasteiger partial charge in [0.2, 0.25) is 0 Å². The zero-order valence-electron chi connectivity index (χ0n) is 11.0. The fourth-order valence-electron chi connectivity index (χ4n) is 1.83. The third kappa shape index (κ3) is 3.56. The summed E-state index contributed by atoms with van der Waals surface area (Å²) in [5, 5.41) is 30.2. The monoisotopic (exact) mass is 281 g/mol. The molecule has 4 nitrogen and oxygen atoms in total. The van der Waals surface area contributed by atoms with Gasteiger partial charge in [-0.05, 0) is 35.9 Å². The molecule has 2 rings (SSSR count). The van der Waals surface area contributed by atoms with E-state index in [1.165, 1.54) is 12.1 Å². The number of anilines is 1. The molecule has 0 aromatic heterocycles. The van der Waals surface area contributed by atoms with Crippen LogP contribution in [0.1, 0.15) is 22.8 Å². The van der Waals surface area contributed by atoms with E-state index in [0.29, 0.717) is 11.1 Å². The van der Waals surface area contributed by atoms with E-state index in [2.05, 4.69) is 5.32 Å². The summed E-state index contributed by atoms with van der Waals surface area (Å²) in [4.78, 5) is 0. The van der Waals surface area contributed by atoms with Gasteiger partial charge < -0.3 is 10.4 Å². The van der Waals surface area contributed by atoms with Crippen molar-refractivity contribution in [3.63, 3.8) is 0 Å². The van der Waals surface area contributed by atoms with Crippen molar-refractivity contribution in [3.8, 4) is 12.1 Å². The van der Waals surface area contributed by atoms with Gasteiger partial charge in [0.05, 0.1) is 35.1 Å². The van der Waals surface area contributed by atoms with Crippen LogP contribution in [0.2, 0.25) is 0 Å². The van der Waals surface area contributed by atoms with Gasteiger partial charge in [-0.1, -0.05) is 12.1 Å². The lowest BCUT2D eigenvalue weighted by Gasteiger charge is -2.13. The Hall–Kier alpha value is -2.89. The first-order chi connectivity index (χ1) is 10.1. The number of halogens is 1. The minimum atomic E-state index is -0.826. The van der Waals surface area contributed by atoms with Gasteiger partial charge in [-0.2, -0.15) is 10.5 Å². The molecule has 0 aliphatic carbocycles. The first kappa shape index (κ1) is 14.5. The predicted molar refractivity (Wildman–Crippen MR) is 75.7 cm³/mol. The Labute approximate surface area is 121 Å². The Morgan fingerprint density at radius 2 is 1.67 bits per heavy atom. The largest absolute Gasteiger partial charge is 0.387 e. The molecule has 104 valence electrons. The third-order valence-electron chi connectivity index (χ3n) is 3.01. The molecule has 0 aliphatic rings. The lowest BCUT2D eigenvalue weighted by molar-refractivity contribution is 0.191. The van der Waals surface area contributed by atoms with Crippen molar-refractivity contribution in [2.24, 2.45) is 0 Å². The molecular formula is C16H12FN3O. The van der Waals surface area contributed by atoms with Crippen LogP contribution in [0.5, 0.6) is 0 Å². The van der Waals surface area contributed by atoms with Gasteiger partial charge >= 0.3 is 0 Å². The lowest BCUT2D eigenvalue weighted by Crippen LogP contribution is -2.13. The van der Waals surface area contributed by atoms with Gasteiger partial charge in [0, 0.05) is 6.54 Å². The van der Waals surface area contributed by atoms with E-state index in [1.807, 2.05) is 12.1 Å². The highest BCUT2D eigenvalue weighted by molar-refractivity contribution is 5.49. The molecule has 21 heavy (non-hydrogen) atoms. The Morgan fingerprint density at radius 3 is 2.24 bits per heavy atom. The second-order valence-corrected chi connectivity index (χ2v) is 4.44. The molecule has 0 saturated carbocycles. The van der Waals surface area contributed by atoms with Gasteiger partial charge in [0.15, 0.2) is 0 Å². The summed E-state index contributed by atoms with van der Waals surface area (Å²) in [7, 11) is 0. The smallest absolute Gasteiger partial charge is 0.147 e. The molecule has 0 radical (unpaired) electrons. The number of hydrogen-bond acceptors (Lipinski definition) is 4. The first-order valence-electron chi connectivity index (χ1n) is 6.25. The van der Waals surface area contributed by atoms with E-state index in [-0.39, 0.29) is 17.8 Å². The van der Waals surface area contributed by atoms with Crippen LogP contribution in [-0.2, 0) is 0 Å². The molecule has 0 heterocycles. The van der Waals surface area contributed by atoms with E-state index < -0.39 is 11.9 Å². The van der Waals surface area contributed by atoms with Crippen LogP contribution in [0.15, 0.2) is 42.5 Å². The zero-order chi connectivity index (χ0) is 15.2. The Morgan fingerprint density at radius 1 is 1.05 bits per heavy atom. The minimum Gasteiger partial charge on any atom is -0.387 e. The van der Waals surface area contributed by atoms with Crippen molar-refractivity contribution in [1.82, 2.24) is 0 Å². The van der Waals surface area contributed by atoms with Crippen LogP contribution in [0.3, 0.4) is 0 Å². The summed E-state index contributed by atoms with van der Waals surface area (Å²) in [5.74, 6) is -0.541. The number of aliphatic hydroxyl groups excluding tert-OH is 1. The molecule has 0 fully saturated rings. The predicted octanol–water partition coefficient (Wildman–Crippen LogP) is 2.71. The fourth-order valence-corrected chi connectivity index (χ4v) is 1.83. The number of nitrogens with zero attached hydrogens (tertiary/aromatic N) is 2. The number of nitrogens with one attached hydrogen (secondary N) is 1. The molecule has 1 unspecified atom stereocenters. The average molecular weight is 281 g/mol. The van der Waals surface area contributed by atoms with Gasteiger partial charge in [0.1, 0.15) is 5.82 Å². The van der Waals surface area contributed by atoms with Crippen molar-refractivity contribution >= 4 is 5.69 Å². The topological polar surface area (TPSA) is 79.8 Å². The highest BCUT2D eigenvalue weighted by Gasteiger charge is 2.09. The van der Waals surface area contributed by atoms with Crippen LogP contribution in [0.4, 0.5) is 10.1 Å². The maximum Gasteiger partial charge on any atom is 0.147 e. The number of rotatable bonds is 4. The Bertz CT molecular complexity index is 714. The standard InChI is InChI=1S/C16H12FN3O/c17-14-7-12(9-19)3-6-15(14)20-10-16(21)13-4-1-11(8-18)2-5-13/h1-7,16,20-21H,10H2. The van der Waals surface area contributed by atoms with Crippen molar-refractivity contribution in [2.75, 3.05) is 11.9 Å². The van der Waals surface area contributed by atoms with Crippen molar-refractivity contribution in [1.29, 1.82) is 10.5 Å².